The molecule has 0 aliphatic heterocycles. The van der Waals surface area contributed by atoms with E-state index in [-0.39, 0.29) is 36.7 Å². The monoisotopic (exact) mass is 403 g/mol. The van der Waals surface area contributed by atoms with E-state index in [4.69, 9.17) is 0 Å². The number of carbonyl (C=O) groups is 1. The average Bonchev–Trinajstić information content (AvgIpc) is 3.05. The summed E-state index contributed by atoms with van der Waals surface area (Å²) in [5.41, 5.74) is 1.66. The van der Waals surface area contributed by atoms with Crippen molar-refractivity contribution in [1.29, 1.82) is 0 Å². The summed E-state index contributed by atoms with van der Waals surface area (Å²) in [5.74, 6) is 0.0652. The fraction of sp³-hybridized carbons (Fsp3) is 0.400. The zero-order chi connectivity index (χ0) is 21.1. The maximum absolute atomic E-state index is 13.6. The van der Waals surface area contributed by atoms with Crippen LogP contribution in [0.4, 0.5) is 8.78 Å². The molecule has 0 bridgehead atoms. The van der Waals surface area contributed by atoms with Crippen molar-refractivity contribution in [3.05, 3.63) is 57.5 Å². The van der Waals surface area contributed by atoms with E-state index < -0.39 is 12.5 Å². The number of aromatic amines is 1. The number of aromatic nitrogens is 4. The summed E-state index contributed by atoms with van der Waals surface area (Å²) in [4.78, 5) is 35.4. The van der Waals surface area contributed by atoms with Crippen molar-refractivity contribution in [3.8, 4) is 0 Å². The largest absolute Gasteiger partial charge is 0.355 e. The van der Waals surface area contributed by atoms with Gasteiger partial charge in [-0.25, -0.2) is 9.97 Å². The Morgan fingerprint density at radius 2 is 1.97 bits per heavy atom. The second kappa shape index (κ2) is 8.50. The number of fused-ring (bicyclic) bond motifs is 1. The van der Waals surface area contributed by atoms with Gasteiger partial charge in [0.15, 0.2) is 0 Å². The highest BCUT2D eigenvalue weighted by molar-refractivity contribution is 5.77. The van der Waals surface area contributed by atoms with Gasteiger partial charge in [-0.05, 0) is 32.4 Å². The van der Waals surface area contributed by atoms with Crippen LogP contribution in [0.25, 0.3) is 11.0 Å². The minimum atomic E-state index is -2.72. The Bertz CT molecular complexity index is 1090. The summed E-state index contributed by atoms with van der Waals surface area (Å²) in [6.45, 7) is 2.60. The number of para-hydroxylation sites is 2. The highest BCUT2D eigenvalue weighted by atomic mass is 19.3. The van der Waals surface area contributed by atoms with E-state index in [0.29, 0.717) is 28.1 Å². The molecule has 7 nitrogen and oxygen atoms in total. The number of benzene rings is 1. The zero-order valence-electron chi connectivity index (χ0n) is 16.5. The summed E-state index contributed by atoms with van der Waals surface area (Å²) in [7, 11) is 0. The normalized spacial score (nSPS) is 12.5. The molecule has 9 heteroatoms. The maximum Gasteiger partial charge on any atom is 0.320 e. The third kappa shape index (κ3) is 4.49. The third-order valence-electron chi connectivity index (χ3n) is 4.81. The second-order valence-electron chi connectivity index (χ2n) is 7.03. The van der Waals surface area contributed by atoms with Gasteiger partial charge in [0.05, 0.1) is 11.0 Å². The molecule has 3 rings (SSSR count). The van der Waals surface area contributed by atoms with Crippen molar-refractivity contribution in [3.63, 3.8) is 0 Å². The van der Waals surface area contributed by atoms with E-state index in [1.807, 2.05) is 0 Å². The molecular weight excluding hydrogens is 380 g/mol. The Kier molecular flexibility index (Phi) is 6.05. The first kappa shape index (κ1) is 20.6. The lowest BCUT2D eigenvalue weighted by Gasteiger charge is -2.15. The van der Waals surface area contributed by atoms with Gasteiger partial charge in [0, 0.05) is 30.1 Å². The average molecular weight is 403 g/mol. The molecule has 1 atom stereocenters. The highest BCUT2D eigenvalue weighted by Crippen LogP contribution is 2.27. The van der Waals surface area contributed by atoms with Crippen LogP contribution in [-0.2, 0) is 11.2 Å². The number of imidazole rings is 1. The predicted octanol–water partition coefficient (Wildman–Crippen LogP) is 2.98. The Labute approximate surface area is 166 Å². The molecule has 0 unspecified atom stereocenters. The molecule has 29 heavy (non-hydrogen) atoms. The van der Waals surface area contributed by atoms with Gasteiger partial charge in [-0.15, -0.1) is 0 Å². The van der Waals surface area contributed by atoms with Crippen LogP contribution in [-0.4, -0.2) is 32.0 Å². The van der Waals surface area contributed by atoms with Crippen LogP contribution in [0.5, 0.6) is 0 Å². The van der Waals surface area contributed by atoms with E-state index in [2.05, 4.69) is 20.3 Å². The number of alkyl halides is 2. The number of amides is 1. The quantitative estimate of drug-likeness (QED) is 0.634. The fourth-order valence-corrected chi connectivity index (χ4v) is 3.35. The van der Waals surface area contributed by atoms with Crippen molar-refractivity contribution < 1.29 is 13.6 Å². The van der Waals surface area contributed by atoms with Crippen molar-refractivity contribution >= 4 is 16.9 Å². The number of nitrogens with zero attached hydrogens (tertiary/aromatic N) is 3. The zero-order valence-corrected chi connectivity index (χ0v) is 16.5. The first-order valence-electron chi connectivity index (χ1n) is 9.36. The number of nitrogens with one attached hydrogen (secondary N) is 2. The number of carbonyl (C=O) groups excluding carboxylic acids is 1. The highest BCUT2D eigenvalue weighted by Gasteiger charge is 2.22. The van der Waals surface area contributed by atoms with Gasteiger partial charge >= 0.3 is 6.55 Å². The van der Waals surface area contributed by atoms with Crippen LogP contribution >= 0.6 is 0 Å². The summed E-state index contributed by atoms with van der Waals surface area (Å²) < 4.78 is 28.0. The van der Waals surface area contributed by atoms with Gasteiger partial charge in [0.25, 0.3) is 5.56 Å². The van der Waals surface area contributed by atoms with Crippen LogP contribution in [0.3, 0.4) is 0 Å². The number of halogens is 2. The number of hydrogen-bond acceptors (Lipinski definition) is 4. The van der Waals surface area contributed by atoms with Gasteiger partial charge in [0.2, 0.25) is 5.91 Å². The molecule has 1 aromatic carbocycles. The molecule has 0 spiro atoms. The molecule has 154 valence electrons. The molecule has 0 aliphatic rings. The van der Waals surface area contributed by atoms with Crippen molar-refractivity contribution in [2.45, 2.75) is 46.1 Å². The summed E-state index contributed by atoms with van der Waals surface area (Å²) in [5, 5.41) is 2.74. The molecule has 0 radical (unpaired) electrons. The SMILES string of the molecule is Cc1nc(C)c(CCC(=O)NC[C@@H](C)c2nc3ccccc3n2C(F)F)c(=O)[nH]1. The molecular formula is C20H23F2N5O2. The number of aryl methyl sites for hydroxylation is 2. The Morgan fingerprint density at radius 1 is 1.24 bits per heavy atom. The maximum atomic E-state index is 13.6. The van der Waals surface area contributed by atoms with Crippen molar-refractivity contribution in [2.75, 3.05) is 6.54 Å². The van der Waals surface area contributed by atoms with Gasteiger partial charge in [-0.3, -0.25) is 14.2 Å². The second-order valence-corrected chi connectivity index (χ2v) is 7.03. The standard InChI is InChI=1S/C20H23F2N5O2/c1-11(18-26-15-6-4-5-7-16(15)27(18)20(21)22)10-23-17(28)9-8-14-12(2)24-13(3)25-19(14)29/h4-7,11,20H,8-10H2,1-3H3,(H,23,28)(H,24,25,29)/t11-/m1/s1. The molecule has 2 N–H and O–H groups in total. The van der Waals surface area contributed by atoms with Crippen LogP contribution in [0.15, 0.2) is 29.1 Å². The van der Waals surface area contributed by atoms with E-state index in [1.165, 1.54) is 0 Å². The lowest BCUT2D eigenvalue weighted by atomic mass is 10.1. The first-order valence-corrected chi connectivity index (χ1v) is 9.36. The van der Waals surface area contributed by atoms with Gasteiger partial charge in [-0.2, -0.15) is 8.78 Å². The molecule has 0 aliphatic carbocycles. The smallest absolute Gasteiger partial charge is 0.320 e. The molecule has 0 saturated carbocycles. The molecule has 2 aromatic heterocycles. The van der Waals surface area contributed by atoms with Gasteiger partial charge in [-0.1, -0.05) is 19.1 Å². The molecule has 0 fully saturated rings. The summed E-state index contributed by atoms with van der Waals surface area (Å²) in [6.07, 6.45) is 0.358. The fourth-order valence-electron chi connectivity index (χ4n) is 3.35. The topological polar surface area (TPSA) is 92.7 Å². The van der Waals surface area contributed by atoms with Crippen molar-refractivity contribution in [1.82, 2.24) is 24.8 Å². The van der Waals surface area contributed by atoms with E-state index in [0.717, 1.165) is 4.57 Å². The van der Waals surface area contributed by atoms with E-state index >= 15 is 0 Å². The van der Waals surface area contributed by atoms with Crippen molar-refractivity contribution in [2.24, 2.45) is 0 Å². The predicted molar refractivity (Wildman–Crippen MR) is 105 cm³/mol. The van der Waals surface area contributed by atoms with E-state index in [1.54, 1.807) is 45.0 Å². The lowest BCUT2D eigenvalue weighted by Crippen LogP contribution is -2.29. The van der Waals surface area contributed by atoms with Crippen LogP contribution in [0.1, 0.15) is 48.7 Å². The number of H-pyrrole nitrogens is 1. The molecule has 0 saturated heterocycles. The molecule has 2 heterocycles. The number of rotatable bonds is 7. The minimum Gasteiger partial charge on any atom is -0.355 e. The van der Waals surface area contributed by atoms with Crippen LogP contribution in [0, 0.1) is 13.8 Å². The summed E-state index contributed by atoms with van der Waals surface area (Å²) in [6, 6.07) is 6.70. The Balaban J connectivity index is 1.65. The molecule has 3 aromatic rings. The minimum absolute atomic E-state index is 0.104. The molecule has 1 amide bonds. The third-order valence-corrected chi connectivity index (χ3v) is 4.81. The Morgan fingerprint density at radius 3 is 2.66 bits per heavy atom. The first-order chi connectivity index (χ1) is 13.8. The van der Waals surface area contributed by atoms with Gasteiger partial charge < -0.3 is 10.3 Å². The Hall–Kier alpha value is -3.10. The lowest BCUT2D eigenvalue weighted by molar-refractivity contribution is -0.121. The summed E-state index contributed by atoms with van der Waals surface area (Å²) >= 11 is 0. The van der Waals surface area contributed by atoms with E-state index in [9.17, 15) is 18.4 Å². The van der Waals surface area contributed by atoms with Gasteiger partial charge in [0.1, 0.15) is 11.6 Å². The van der Waals surface area contributed by atoms with Crippen LogP contribution in [0.2, 0.25) is 0 Å². The number of hydrogen-bond donors (Lipinski definition) is 2. The van der Waals surface area contributed by atoms with Crippen LogP contribution < -0.4 is 10.9 Å².